The maximum atomic E-state index is 11.0. The third-order valence-electron chi connectivity index (χ3n) is 2.54. The minimum Gasteiger partial charge on any atom is -0.265 e. The third kappa shape index (κ3) is 4.09. The molecule has 102 valence electrons. The first-order valence-corrected chi connectivity index (χ1v) is 8.48. The van der Waals surface area contributed by atoms with E-state index in [4.69, 9.17) is 0 Å². The molecule has 1 N–H and O–H groups in total. The van der Waals surface area contributed by atoms with Crippen LogP contribution in [0.25, 0.3) is 10.6 Å². The third-order valence-corrected chi connectivity index (χ3v) is 4.53. The molecule has 5 nitrogen and oxygen atoms in total. The molecule has 0 saturated heterocycles. The van der Waals surface area contributed by atoms with Crippen molar-refractivity contribution in [3.05, 3.63) is 35.1 Å². The average molecular weight is 297 g/mol. The van der Waals surface area contributed by atoms with Crippen LogP contribution in [0.1, 0.15) is 10.6 Å². The molecule has 19 heavy (non-hydrogen) atoms. The minimum atomic E-state index is -3.13. The Balaban J connectivity index is 2.09. The summed E-state index contributed by atoms with van der Waals surface area (Å²) in [5.41, 5.74) is 1.98. The second kappa shape index (κ2) is 5.77. The van der Waals surface area contributed by atoms with Crippen molar-refractivity contribution in [2.45, 2.75) is 13.3 Å². The van der Waals surface area contributed by atoms with E-state index in [2.05, 4.69) is 14.7 Å². The average Bonchev–Trinajstić information content (AvgIpc) is 2.71. The maximum absolute atomic E-state index is 11.0. The predicted molar refractivity (Wildman–Crippen MR) is 76.6 cm³/mol. The molecule has 0 amide bonds. The van der Waals surface area contributed by atoms with Gasteiger partial charge in [-0.15, -0.1) is 11.3 Å². The highest BCUT2D eigenvalue weighted by molar-refractivity contribution is 7.88. The van der Waals surface area contributed by atoms with Gasteiger partial charge in [-0.2, -0.15) is 0 Å². The van der Waals surface area contributed by atoms with E-state index in [0.29, 0.717) is 13.0 Å². The number of hydrogen-bond acceptors (Lipinski definition) is 5. The van der Waals surface area contributed by atoms with Crippen molar-refractivity contribution in [1.29, 1.82) is 0 Å². The van der Waals surface area contributed by atoms with E-state index in [9.17, 15) is 8.42 Å². The summed E-state index contributed by atoms with van der Waals surface area (Å²) in [6, 6.07) is 3.83. The molecule has 0 unspecified atom stereocenters. The van der Waals surface area contributed by atoms with Gasteiger partial charge in [-0.25, -0.2) is 18.1 Å². The fourth-order valence-electron chi connectivity index (χ4n) is 1.63. The van der Waals surface area contributed by atoms with Crippen LogP contribution in [0.4, 0.5) is 0 Å². The number of thiazole rings is 1. The summed E-state index contributed by atoms with van der Waals surface area (Å²) in [6.45, 7) is 2.34. The Morgan fingerprint density at radius 2 is 2.00 bits per heavy atom. The van der Waals surface area contributed by atoms with Crippen LogP contribution < -0.4 is 4.72 Å². The number of sulfonamides is 1. The zero-order chi connectivity index (χ0) is 13.9. The van der Waals surface area contributed by atoms with Gasteiger partial charge in [0.1, 0.15) is 5.01 Å². The van der Waals surface area contributed by atoms with Crippen LogP contribution in [0.3, 0.4) is 0 Å². The molecule has 7 heteroatoms. The number of hydrogen-bond donors (Lipinski definition) is 1. The molecule has 0 spiro atoms. The van der Waals surface area contributed by atoms with Crippen LogP contribution in [0.5, 0.6) is 0 Å². The van der Waals surface area contributed by atoms with E-state index in [1.54, 1.807) is 23.7 Å². The van der Waals surface area contributed by atoms with Gasteiger partial charge in [0, 0.05) is 29.4 Å². The summed E-state index contributed by atoms with van der Waals surface area (Å²) in [5.74, 6) is 0. The van der Waals surface area contributed by atoms with Crippen LogP contribution in [0.2, 0.25) is 0 Å². The summed E-state index contributed by atoms with van der Waals surface area (Å²) in [5, 5.41) is 0.939. The number of aromatic nitrogens is 2. The number of pyridine rings is 1. The van der Waals surface area contributed by atoms with Crippen molar-refractivity contribution in [3.8, 4) is 10.6 Å². The second-order valence-corrected chi connectivity index (χ2v) is 7.10. The van der Waals surface area contributed by atoms with Gasteiger partial charge in [0.15, 0.2) is 0 Å². The Morgan fingerprint density at radius 1 is 1.32 bits per heavy atom. The van der Waals surface area contributed by atoms with Crippen LogP contribution in [0.15, 0.2) is 24.5 Å². The Morgan fingerprint density at radius 3 is 2.63 bits per heavy atom. The Bertz CT molecular complexity index is 651. The zero-order valence-corrected chi connectivity index (χ0v) is 12.4. The van der Waals surface area contributed by atoms with Crippen LogP contribution in [0, 0.1) is 6.92 Å². The minimum absolute atomic E-state index is 0.400. The molecule has 2 aromatic rings. The van der Waals surface area contributed by atoms with E-state index in [-0.39, 0.29) is 0 Å². The van der Waals surface area contributed by atoms with E-state index >= 15 is 0 Å². The Labute approximate surface area is 116 Å². The van der Waals surface area contributed by atoms with Gasteiger partial charge in [0.05, 0.1) is 11.9 Å². The van der Waals surface area contributed by atoms with E-state index in [1.807, 2.05) is 19.1 Å². The molecule has 2 rings (SSSR count). The molecule has 2 heterocycles. The van der Waals surface area contributed by atoms with Gasteiger partial charge in [0.2, 0.25) is 10.0 Å². The fourth-order valence-corrected chi connectivity index (χ4v) is 3.17. The highest BCUT2D eigenvalue weighted by atomic mass is 32.2. The van der Waals surface area contributed by atoms with Crippen molar-refractivity contribution < 1.29 is 8.42 Å². The van der Waals surface area contributed by atoms with Gasteiger partial charge in [-0.05, 0) is 25.5 Å². The van der Waals surface area contributed by atoms with Crippen molar-refractivity contribution >= 4 is 21.4 Å². The molecule has 0 aliphatic rings. The highest BCUT2D eigenvalue weighted by Crippen LogP contribution is 2.27. The summed E-state index contributed by atoms with van der Waals surface area (Å²) in [4.78, 5) is 9.59. The van der Waals surface area contributed by atoms with Crippen LogP contribution in [-0.4, -0.2) is 31.2 Å². The molecule has 0 aliphatic carbocycles. The molecule has 0 atom stereocenters. The molecule has 2 aromatic heterocycles. The monoisotopic (exact) mass is 297 g/mol. The smallest absolute Gasteiger partial charge is 0.208 e. The molecule has 0 saturated carbocycles. The maximum Gasteiger partial charge on any atom is 0.208 e. The van der Waals surface area contributed by atoms with Gasteiger partial charge in [-0.3, -0.25) is 4.98 Å². The zero-order valence-electron chi connectivity index (χ0n) is 10.8. The van der Waals surface area contributed by atoms with Crippen molar-refractivity contribution in [3.63, 3.8) is 0 Å². The number of nitrogens with zero attached hydrogens (tertiary/aromatic N) is 2. The lowest BCUT2D eigenvalue weighted by Crippen LogP contribution is -2.24. The first kappa shape index (κ1) is 14.1. The summed E-state index contributed by atoms with van der Waals surface area (Å²) >= 11 is 1.59. The van der Waals surface area contributed by atoms with Gasteiger partial charge >= 0.3 is 0 Å². The topological polar surface area (TPSA) is 72.0 Å². The van der Waals surface area contributed by atoms with Gasteiger partial charge < -0.3 is 0 Å². The van der Waals surface area contributed by atoms with E-state index in [1.165, 1.54) is 0 Å². The second-order valence-electron chi connectivity index (χ2n) is 4.18. The Kier molecular flexibility index (Phi) is 4.28. The largest absolute Gasteiger partial charge is 0.265 e. The van der Waals surface area contributed by atoms with Crippen molar-refractivity contribution in [1.82, 2.24) is 14.7 Å². The Hall–Kier alpha value is -1.31. The summed E-state index contributed by atoms with van der Waals surface area (Å²) in [7, 11) is -3.13. The van der Waals surface area contributed by atoms with E-state index < -0.39 is 10.0 Å². The summed E-state index contributed by atoms with van der Waals surface area (Å²) < 4.78 is 24.5. The van der Waals surface area contributed by atoms with Gasteiger partial charge in [-0.1, -0.05) is 0 Å². The van der Waals surface area contributed by atoms with Crippen LogP contribution in [-0.2, 0) is 16.4 Å². The number of aryl methyl sites for hydroxylation is 1. The molecule has 0 aromatic carbocycles. The molecular formula is C12H15N3O2S2. The standard InChI is InChI=1S/C12H15N3O2S2/c1-9-11(5-8-14-19(2,16)17)18-12(15-9)10-3-6-13-7-4-10/h3-4,6-7,14H,5,8H2,1-2H3. The molecule has 0 bridgehead atoms. The lowest BCUT2D eigenvalue weighted by molar-refractivity contribution is 0.588. The first-order valence-electron chi connectivity index (χ1n) is 5.77. The van der Waals surface area contributed by atoms with Gasteiger partial charge in [0.25, 0.3) is 0 Å². The quantitative estimate of drug-likeness (QED) is 0.910. The lowest BCUT2D eigenvalue weighted by atomic mass is 10.3. The number of rotatable bonds is 5. The molecule has 0 aliphatic heterocycles. The van der Waals surface area contributed by atoms with E-state index in [0.717, 1.165) is 27.4 Å². The summed E-state index contributed by atoms with van der Waals surface area (Å²) in [6.07, 6.45) is 5.28. The van der Waals surface area contributed by atoms with Crippen molar-refractivity contribution in [2.24, 2.45) is 0 Å². The fraction of sp³-hybridized carbons (Fsp3) is 0.333. The number of nitrogens with one attached hydrogen (secondary N) is 1. The molecule has 0 radical (unpaired) electrons. The SMILES string of the molecule is Cc1nc(-c2ccncc2)sc1CCNS(C)(=O)=O. The highest BCUT2D eigenvalue weighted by Gasteiger charge is 2.10. The first-order chi connectivity index (χ1) is 8.96. The van der Waals surface area contributed by atoms with Crippen LogP contribution >= 0.6 is 11.3 Å². The lowest BCUT2D eigenvalue weighted by Gasteiger charge is -2.00. The predicted octanol–water partition coefficient (Wildman–Crippen LogP) is 1.61. The molecular weight excluding hydrogens is 282 g/mol. The molecule has 0 fully saturated rings. The normalized spacial score (nSPS) is 11.7. The van der Waals surface area contributed by atoms with Crippen molar-refractivity contribution in [2.75, 3.05) is 12.8 Å².